The molecule has 3 aromatic carbocycles. The molecule has 0 radical (unpaired) electrons. The number of ether oxygens (including phenoxy) is 1. The van der Waals surface area contributed by atoms with E-state index < -0.39 is 5.97 Å². The lowest BCUT2D eigenvalue weighted by Crippen LogP contribution is -2.35. The highest BCUT2D eigenvalue weighted by Gasteiger charge is 2.32. The minimum atomic E-state index is -0.821. The van der Waals surface area contributed by atoms with E-state index in [-0.39, 0.29) is 23.8 Å². The molecule has 0 fully saturated rings. The number of aliphatic imine (C=N–C) groups is 1. The Morgan fingerprint density at radius 3 is 2.30 bits per heavy atom. The van der Waals surface area contributed by atoms with Crippen LogP contribution >= 0.6 is 0 Å². The smallest absolute Gasteiger partial charge is 0.303 e. The largest absolute Gasteiger partial charge is 0.496 e. The predicted octanol–water partition coefficient (Wildman–Crippen LogP) is 7.65. The Morgan fingerprint density at radius 2 is 1.63 bits per heavy atom. The summed E-state index contributed by atoms with van der Waals surface area (Å²) in [6.07, 6.45) is 5.72. The molecule has 43 heavy (non-hydrogen) atoms. The lowest BCUT2D eigenvalue weighted by molar-refractivity contribution is -0.137. The molecule has 4 rings (SSSR count). The van der Waals surface area contributed by atoms with Crippen LogP contribution in [0.25, 0.3) is 11.1 Å². The number of carbonyl (C=O) groups is 2. The number of carboxylic acid groups (broad SMARTS) is 1. The standard InChI is InChI=1S/C37H46N2O4/c1-6-39-34(38-32(36(39)42)14-8-10-26-16-20-31(21-17-26)37(2,3)4)15-9-12-27-11-7-13-28(24-27)29-18-22-33(43-5)30(25-29)19-23-35(40)41/h7,11,13,16-18,20-22,24-25,32H,6,8-10,12,14-15,19,23H2,1-5H3,(H,40,41). The van der Waals surface area contributed by atoms with Crippen molar-refractivity contribution in [3.63, 3.8) is 0 Å². The zero-order valence-electron chi connectivity index (χ0n) is 26.4. The molecule has 6 nitrogen and oxygen atoms in total. The summed E-state index contributed by atoms with van der Waals surface area (Å²) in [5.41, 5.74) is 7.05. The Morgan fingerprint density at radius 1 is 0.907 bits per heavy atom. The second-order valence-electron chi connectivity index (χ2n) is 12.5. The first-order valence-electron chi connectivity index (χ1n) is 15.5. The molecule has 1 atom stereocenters. The Hall–Kier alpha value is -3.93. The first kappa shape index (κ1) is 32.0. The summed E-state index contributed by atoms with van der Waals surface area (Å²) in [6.45, 7) is 9.36. The molecule has 0 aromatic heterocycles. The fraction of sp³-hybridized carbons (Fsp3) is 0.432. The topological polar surface area (TPSA) is 79.2 Å². The van der Waals surface area contributed by atoms with Crippen LogP contribution in [-0.2, 0) is 34.3 Å². The van der Waals surface area contributed by atoms with Crippen LogP contribution in [0, 0.1) is 0 Å². The van der Waals surface area contributed by atoms with E-state index in [2.05, 4.69) is 69.3 Å². The average molecular weight is 583 g/mol. The fourth-order valence-electron chi connectivity index (χ4n) is 5.76. The van der Waals surface area contributed by atoms with Crippen LogP contribution in [0.1, 0.15) is 82.1 Å². The van der Waals surface area contributed by atoms with Crippen LogP contribution in [0.3, 0.4) is 0 Å². The molecule has 0 bridgehead atoms. The zero-order chi connectivity index (χ0) is 31.0. The van der Waals surface area contributed by atoms with Crippen molar-refractivity contribution in [3.05, 3.63) is 89.0 Å². The number of hydrogen-bond donors (Lipinski definition) is 1. The Bertz CT molecular complexity index is 1440. The van der Waals surface area contributed by atoms with Crippen molar-refractivity contribution in [2.75, 3.05) is 13.7 Å². The van der Waals surface area contributed by atoms with Crippen LogP contribution in [0.2, 0.25) is 0 Å². The van der Waals surface area contributed by atoms with Gasteiger partial charge in [-0.1, -0.05) is 75.4 Å². The van der Waals surface area contributed by atoms with Crippen LogP contribution in [-0.4, -0.2) is 47.4 Å². The molecule has 3 aromatic rings. The third-order valence-corrected chi connectivity index (χ3v) is 8.26. The van der Waals surface area contributed by atoms with Gasteiger partial charge in [-0.25, -0.2) is 0 Å². The minimum absolute atomic E-state index is 0.0628. The second-order valence-corrected chi connectivity index (χ2v) is 12.5. The second kappa shape index (κ2) is 14.5. The third-order valence-electron chi connectivity index (χ3n) is 8.26. The van der Waals surface area contributed by atoms with Gasteiger partial charge < -0.3 is 9.84 Å². The number of likely N-dealkylation sites (N-methyl/N-ethyl adjacent to an activating group) is 1. The Kier molecular flexibility index (Phi) is 10.8. The first-order chi connectivity index (χ1) is 20.6. The monoisotopic (exact) mass is 582 g/mol. The molecule has 1 amide bonds. The summed E-state index contributed by atoms with van der Waals surface area (Å²) in [4.78, 5) is 31.0. The fourth-order valence-corrected chi connectivity index (χ4v) is 5.76. The molecule has 228 valence electrons. The van der Waals surface area contributed by atoms with Gasteiger partial charge in [0.25, 0.3) is 5.91 Å². The summed E-state index contributed by atoms with van der Waals surface area (Å²) >= 11 is 0. The van der Waals surface area contributed by atoms with Gasteiger partial charge in [0, 0.05) is 19.4 Å². The normalized spacial score (nSPS) is 15.1. The number of carbonyl (C=O) groups excluding carboxylic acids is 1. The van der Waals surface area contributed by atoms with E-state index in [9.17, 15) is 9.59 Å². The van der Waals surface area contributed by atoms with Gasteiger partial charge in [-0.2, -0.15) is 0 Å². The van der Waals surface area contributed by atoms with Crippen LogP contribution in [0.15, 0.2) is 71.7 Å². The van der Waals surface area contributed by atoms with Gasteiger partial charge in [0.1, 0.15) is 17.6 Å². The third kappa shape index (κ3) is 8.56. The van der Waals surface area contributed by atoms with E-state index in [1.807, 2.05) is 30.0 Å². The molecule has 0 saturated carbocycles. The number of amidine groups is 1. The summed E-state index contributed by atoms with van der Waals surface area (Å²) in [6, 6.07) is 23.0. The van der Waals surface area contributed by atoms with E-state index in [0.717, 1.165) is 61.1 Å². The molecule has 1 aliphatic heterocycles. The highest BCUT2D eigenvalue weighted by molar-refractivity contribution is 6.05. The van der Waals surface area contributed by atoms with Gasteiger partial charge in [-0.05, 0) is 96.4 Å². The molecule has 1 N–H and O–H groups in total. The van der Waals surface area contributed by atoms with Crippen molar-refractivity contribution >= 4 is 17.7 Å². The zero-order valence-corrected chi connectivity index (χ0v) is 26.4. The highest BCUT2D eigenvalue weighted by atomic mass is 16.5. The number of methoxy groups -OCH3 is 1. The summed E-state index contributed by atoms with van der Waals surface area (Å²) in [7, 11) is 1.61. The van der Waals surface area contributed by atoms with E-state index in [4.69, 9.17) is 14.8 Å². The van der Waals surface area contributed by atoms with Gasteiger partial charge in [0.05, 0.1) is 7.11 Å². The summed E-state index contributed by atoms with van der Waals surface area (Å²) < 4.78 is 5.45. The lowest BCUT2D eigenvalue weighted by Gasteiger charge is -2.19. The highest BCUT2D eigenvalue weighted by Crippen LogP contribution is 2.29. The number of hydrogen-bond acceptors (Lipinski definition) is 4. The van der Waals surface area contributed by atoms with Crippen molar-refractivity contribution in [1.29, 1.82) is 0 Å². The number of carboxylic acids is 1. The van der Waals surface area contributed by atoms with Gasteiger partial charge in [-0.3, -0.25) is 19.5 Å². The number of amides is 1. The molecule has 0 spiro atoms. The van der Waals surface area contributed by atoms with Crippen LogP contribution < -0.4 is 4.74 Å². The van der Waals surface area contributed by atoms with Crippen molar-refractivity contribution < 1.29 is 19.4 Å². The number of nitrogens with zero attached hydrogens (tertiary/aromatic N) is 2. The van der Waals surface area contributed by atoms with E-state index in [1.165, 1.54) is 16.7 Å². The molecular weight excluding hydrogens is 536 g/mol. The van der Waals surface area contributed by atoms with Gasteiger partial charge in [0.15, 0.2) is 0 Å². The quantitative estimate of drug-likeness (QED) is 0.212. The van der Waals surface area contributed by atoms with E-state index >= 15 is 0 Å². The predicted molar refractivity (Wildman–Crippen MR) is 174 cm³/mol. The van der Waals surface area contributed by atoms with Gasteiger partial charge in [-0.15, -0.1) is 0 Å². The first-order valence-corrected chi connectivity index (χ1v) is 15.5. The number of aryl methyl sites for hydroxylation is 3. The van der Waals surface area contributed by atoms with Crippen molar-refractivity contribution in [2.24, 2.45) is 4.99 Å². The maximum absolute atomic E-state index is 13.1. The maximum Gasteiger partial charge on any atom is 0.303 e. The molecular formula is C37H46N2O4. The van der Waals surface area contributed by atoms with E-state index in [1.54, 1.807) is 7.11 Å². The molecule has 1 aliphatic rings. The maximum atomic E-state index is 13.1. The summed E-state index contributed by atoms with van der Waals surface area (Å²) in [5, 5.41) is 9.12. The SMILES string of the molecule is CCN1C(=O)C(CCCc2ccc(C(C)(C)C)cc2)N=C1CCCc1cccc(-c2ccc(OC)c(CCC(=O)O)c2)c1. The van der Waals surface area contributed by atoms with E-state index in [0.29, 0.717) is 18.7 Å². The average Bonchev–Trinajstić information content (AvgIpc) is 3.29. The molecule has 0 saturated heterocycles. The van der Waals surface area contributed by atoms with Gasteiger partial charge in [0.2, 0.25) is 0 Å². The molecule has 1 unspecified atom stereocenters. The number of aliphatic carboxylic acids is 1. The van der Waals surface area contributed by atoms with Crippen molar-refractivity contribution in [1.82, 2.24) is 4.90 Å². The van der Waals surface area contributed by atoms with Crippen molar-refractivity contribution in [2.45, 2.75) is 90.5 Å². The molecule has 1 heterocycles. The lowest BCUT2D eigenvalue weighted by atomic mass is 9.86. The van der Waals surface area contributed by atoms with Crippen LogP contribution in [0.5, 0.6) is 5.75 Å². The summed E-state index contributed by atoms with van der Waals surface area (Å²) in [5.74, 6) is 0.946. The van der Waals surface area contributed by atoms with Gasteiger partial charge >= 0.3 is 5.97 Å². The Balaban J connectivity index is 1.33. The molecule has 0 aliphatic carbocycles. The number of benzene rings is 3. The van der Waals surface area contributed by atoms with Crippen molar-refractivity contribution in [3.8, 4) is 16.9 Å². The minimum Gasteiger partial charge on any atom is -0.496 e. The van der Waals surface area contributed by atoms with Crippen LogP contribution in [0.4, 0.5) is 0 Å². The number of rotatable bonds is 14. The Labute approximate surface area is 256 Å². The molecule has 6 heteroatoms.